The Morgan fingerprint density at radius 3 is 2.29 bits per heavy atom. The summed E-state index contributed by atoms with van der Waals surface area (Å²) in [6.07, 6.45) is 0. The van der Waals surface area contributed by atoms with Gasteiger partial charge in [-0.15, -0.1) is 0 Å². The van der Waals surface area contributed by atoms with Crippen molar-refractivity contribution in [2.45, 2.75) is 12.2 Å². The molecule has 0 aromatic heterocycles. The van der Waals surface area contributed by atoms with Gasteiger partial charge in [0.25, 0.3) is 5.69 Å². The summed E-state index contributed by atoms with van der Waals surface area (Å²) < 4.78 is 72.5. The van der Waals surface area contributed by atoms with Crippen LogP contribution in [0.25, 0.3) is 0 Å². The number of carbonyl (C=O) groups excluding carboxylic acids is 3. The molecule has 12 nitrogen and oxygen atoms in total. The molecule has 2 rings (SSSR count). The van der Waals surface area contributed by atoms with Gasteiger partial charge in [-0.3, -0.25) is 14.9 Å². The summed E-state index contributed by atoms with van der Waals surface area (Å²) in [5, 5.41) is 6.17. The van der Waals surface area contributed by atoms with Crippen LogP contribution in [-0.4, -0.2) is 47.7 Å². The Balaban J connectivity index is 2.31. The second-order valence-electron chi connectivity index (χ2n) is 6.23. The van der Waals surface area contributed by atoms with E-state index in [0.717, 1.165) is 13.0 Å². The van der Waals surface area contributed by atoms with Crippen LogP contribution < -0.4 is 9.47 Å². The molecule has 0 saturated heterocycles. The number of hydrogen-bond donors (Lipinski definition) is 0. The topological polar surface area (TPSA) is 179 Å². The maximum atomic E-state index is 13.2. The summed E-state index contributed by atoms with van der Waals surface area (Å²) in [5.74, 6) is -3.87. The Bertz CT molecular complexity index is 1280. The minimum Gasteiger partial charge on any atom is -0.743 e. The first-order valence-corrected chi connectivity index (χ1v) is 11.1. The number of nitro benzene ring substituents is 1. The van der Waals surface area contributed by atoms with E-state index in [0.29, 0.717) is 15.7 Å². The van der Waals surface area contributed by atoms with Crippen molar-refractivity contribution in [3.63, 3.8) is 0 Å². The standard InChI is InChI=1S/C18H12F2INO11S/c1-9(23)32-15-6-10(2-4-13(15)21)16(24)33-11-3-5-14(22(26)27)12(7-11)17(25)31-8-18(19,20)34(28,29)30/h2-7H,8H2,1H3,(H,28,29,30)/p-1. The summed E-state index contributed by atoms with van der Waals surface area (Å²) in [7, 11) is -6.17. The third-order valence-corrected chi connectivity index (χ3v) is 5.49. The van der Waals surface area contributed by atoms with E-state index < -0.39 is 61.8 Å². The number of benzene rings is 2. The van der Waals surface area contributed by atoms with E-state index in [4.69, 9.17) is 9.47 Å². The zero-order valence-electron chi connectivity index (χ0n) is 16.7. The molecule has 0 amide bonds. The van der Waals surface area contributed by atoms with Gasteiger partial charge in [0, 0.05) is 19.1 Å². The number of nitrogens with zero attached hydrogens (tertiary/aromatic N) is 1. The van der Waals surface area contributed by atoms with Gasteiger partial charge in [0.05, 0.1) is 14.1 Å². The van der Waals surface area contributed by atoms with Gasteiger partial charge < -0.3 is 18.8 Å². The fourth-order valence-electron chi connectivity index (χ4n) is 2.23. The van der Waals surface area contributed by atoms with Crippen LogP contribution in [-0.2, 0) is 19.6 Å². The second-order valence-corrected chi connectivity index (χ2v) is 8.90. The van der Waals surface area contributed by atoms with Gasteiger partial charge in [-0.05, 0) is 46.9 Å². The first kappa shape index (κ1) is 27.0. The van der Waals surface area contributed by atoms with E-state index in [1.54, 1.807) is 0 Å². The minimum absolute atomic E-state index is 0.0461. The van der Waals surface area contributed by atoms with Crippen LogP contribution in [0.4, 0.5) is 14.5 Å². The predicted octanol–water partition coefficient (Wildman–Crippen LogP) is 2.64. The summed E-state index contributed by atoms with van der Waals surface area (Å²) in [6.45, 7) is -1.05. The number of alkyl halides is 2. The van der Waals surface area contributed by atoms with Gasteiger partial charge in [-0.25, -0.2) is 18.0 Å². The van der Waals surface area contributed by atoms with E-state index in [1.165, 1.54) is 18.2 Å². The van der Waals surface area contributed by atoms with Crippen molar-refractivity contribution >= 4 is 56.3 Å². The predicted molar refractivity (Wildman–Crippen MR) is 113 cm³/mol. The lowest BCUT2D eigenvalue weighted by Gasteiger charge is -2.19. The molecule has 0 aliphatic heterocycles. The summed E-state index contributed by atoms with van der Waals surface area (Å²) in [5.41, 5.74) is -2.01. The normalized spacial score (nSPS) is 11.4. The Kier molecular flexibility index (Phi) is 8.22. The average Bonchev–Trinajstić information content (AvgIpc) is 2.72. The van der Waals surface area contributed by atoms with Crippen molar-refractivity contribution in [2.24, 2.45) is 0 Å². The lowest BCUT2D eigenvalue weighted by atomic mass is 10.1. The Hall–Kier alpha value is -3.25. The molecule has 0 heterocycles. The van der Waals surface area contributed by atoms with Crippen molar-refractivity contribution in [3.05, 3.63) is 61.2 Å². The van der Waals surface area contributed by atoms with Crippen LogP contribution in [0.5, 0.6) is 11.5 Å². The number of halogens is 3. The fourth-order valence-corrected chi connectivity index (χ4v) is 2.88. The quantitative estimate of drug-likeness (QED) is 0.107. The first-order chi connectivity index (χ1) is 15.6. The zero-order chi connectivity index (χ0) is 25.8. The molecule has 0 aliphatic carbocycles. The molecular weight excluding hydrogens is 603 g/mol. The van der Waals surface area contributed by atoms with Crippen LogP contribution in [0.1, 0.15) is 27.6 Å². The highest BCUT2D eigenvalue weighted by atomic mass is 127. The molecule has 16 heteroatoms. The van der Waals surface area contributed by atoms with Crippen LogP contribution in [0, 0.1) is 13.7 Å². The smallest absolute Gasteiger partial charge is 0.367 e. The second kappa shape index (κ2) is 10.3. The van der Waals surface area contributed by atoms with Crippen molar-refractivity contribution in [1.29, 1.82) is 0 Å². The molecule has 0 bridgehead atoms. The lowest BCUT2D eigenvalue weighted by molar-refractivity contribution is -0.385. The monoisotopic (exact) mass is 614 g/mol. The molecule has 2 aromatic carbocycles. The van der Waals surface area contributed by atoms with E-state index in [1.807, 2.05) is 22.6 Å². The van der Waals surface area contributed by atoms with Gasteiger partial charge in [0.15, 0.2) is 16.7 Å². The summed E-state index contributed by atoms with van der Waals surface area (Å²) in [4.78, 5) is 45.7. The molecule has 0 radical (unpaired) electrons. The highest BCUT2D eigenvalue weighted by Crippen LogP contribution is 2.28. The number of ether oxygens (including phenoxy) is 3. The van der Waals surface area contributed by atoms with E-state index in [9.17, 15) is 46.2 Å². The average molecular weight is 614 g/mol. The minimum atomic E-state index is -6.17. The van der Waals surface area contributed by atoms with Crippen molar-refractivity contribution in [1.82, 2.24) is 0 Å². The molecule has 34 heavy (non-hydrogen) atoms. The van der Waals surface area contributed by atoms with Gasteiger partial charge >= 0.3 is 23.2 Å². The molecule has 0 atom stereocenters. The largest absolute Gasteiger partial charge is 0.743 e. The maximum Gasteiger partial charge on any atom is 0.367 e. The van der Waals surface area contributed by atoms with Crippen LogP contribution in [0.2, 0.25) is 0 Å². The summed E-state index contributed by atoms with van der Waals surface area (Å²) >= 11 is 1.84. The molecule has 0 spiro atoms. The Morgan fingerprint density at radius 2 is 1.74 bits per heavy atom. The zero-order valence-corrected chi connectivity index (χ0v) is 19.6. The highest BCUT2D eigenvalue weighted by molar-refractivity contribution is 14.1. The molecule has 0 saturated carbocycles. The maximum absolute atomic E-state index is 13.2. The van der Waals surface area contributed by atoms with Gasteiger partial charge in [-0.2, -0.15) is 8.78 Å². The molecular formula is C18H11F2INO11S-. The van der Waals surface area contributed by atoms with E-state index in [-0.39, 0.29) is 11.3 Å². The SMILES string of the molecule is CC(=O)Oc1cc(C(=O)Oc2ccc([N+](=O)[O-])c(C(=O)OCC(F)(F)S(=O)(=O)[O-])c2)ccc1I. The number of carbonyl (C=O) groups is 3. The molecule has 2 aromatic rings. The van der Waals surface area contributed by atoms with Gasteiger partial charge in [-0.1, -0.05) is 0 Å². The molecule has 0 N–H and O–H groups in total. The van der Waals surface area contributed by atoms with Gasteiger partial charge in [0.1, 0.15) is 17.1 Å². The van der Waals surface area contributed by atoms with Crippen LogP contribution in [0.3, 0.4) is 0 Å². The third-order valence-electron chi connectivity index (χ3n) is 3.75. The Labute approximate surface area is 202 Å². The van der Waals surface area contributed by atoms with E-state index in [2.05, 4.69) is 4.74 Å². The lowest BCUT2D eigenvalue weighted by Crippen LogP contribution is -2.34. The van der Waals surface area contributed by atoms with Crippen molar-refractivity contribution in [2.75, 3.05) is 6.61 Å². The third kappa shape index (κ3) is 6.64. The molecule has 0 fully saturated rings. The van der Waals surface area contributed by atoms with Crippen molar-refractivity contribution < 1.29 is 55.3 Å². The number of esters is 3. The van der Waals surface area contributed by atoms with Crippen LogP contribution in [0.15, 0.2) is 36.4 Å². The first-order valence-electron chi connectivity index (χ1n) is 8.61. The molecule has 0 aliphatic rings. The number of rotatable bonds is 8. The number of hydrogen-bond acceptors (Lipinski definition) is 11. The number of nitro groups is 1. The van der Waals surface area contributed by atoms with E-state index >= 15 is 0 Å². The molecule has 182 valence electrons. The molecule has 0 unspecified atom stereocenters. The van der Waals surface area contributed by atoms with Crippen molar-refractivity contribution in [3.8, 4) is 11.5 Å². The highest BCUT2D eigenvalue weighted by Gasteiger charge is 2.40. The Morgan fingerprint density at radius 1 is 1.09 bits per heavy atom. The summed E-state index contributed by atoms with van der Waals surface area (Å²) in [6, 6.07) is 6.17. The fraction of sp³-hybridized carbons (Fsp3) is 0.167. The van der Waals surface area contributed by atoms with Crippen LogP contribution >= 0.6 is 22.6 Å². The van der Waals surface area contributed by atoms with Gasteiger partial charge in [0.2, 0.25) is 0 Å².